The fourth-order valence-electron chi connectivity index (χ4n) is 10.1. The van der Waals surface area contributed by atoms with Crippen molar-refractivity contribution in [1.82, 2.24) is 0 Å². The van der Waals surface area contributed by atoms with E-state index >= 15 is 0 Å². The molecule has 7 fully saturated rings. The van der Waals surface area contributed by atoms with Gasteiger partial charge < -0.3 is 53.6 Å². The van der Waals surface area contributed by atoms with E-state index in [0.717, 1.165) is 30.4 Å². The molecule has 0 saturated carbocycles. The quantitative estimate of drug-likeness (QED) is 0.308. The number of carbonyl (C=O) groups excluding carboxylic acids is 2. The van der Waals surface area contributed by atoms with E-state index < -0.39 is 79.9 Å². The zero-order chi connectivity index (χ0) is 37.6. The molecule has 7 saturated heterocycles. The number of Topliss-reactive ketones (excluding diaryl/α,β-unsaturated/α-hetero) is 2. The predicted molar refractivity (Wildman–Crippen MR) is 189 cm³/mol. The molecule has 7 aliphatic rings. The van der Waals surface area contributed by atoms with Crippen molar-refractivity contribution in [2.45, 2.75) is 188 Å². The van der Waals surface area contributed by atoms with Gasteiger partial charge in [-0.1, -0.05) is 20.1 Å². The van der Waals surface area contributed by atoms with Crippen LogP contribution in [0.2, 0.25) is 0 Å². The van der Waals surface area contributed by atoms with Crippen LogP contribution < -0.4 is 0 Å². The molecule has 7 aliphatic heterocycles. The zero-order valence-electron chi connectivity index (χ0n) is 31.2. The highest BCUT2D eigenvalue weighted by molar-refractivity contribution is 5.79. The highest BCUT2D eigenvalue weighted by Gasteiger charge is 2.57. The standard InChI is InChI=1S/C40H60O13/c1-19-11-26-7-9-29-20(2)12-25(48-29)6-5-22(42)15-33-35(45)39-40(53-33)36(46)38-30(52-39)10-8-27(50-38)13-23(43)14-28-32(17-31(49-26)21(19)3)51-34(37(28)47-4)16-24(44)18-41/h19,24-41,44-46H,2-3,5-18H2,1,4H3/t19-,24+,25?,26+,27?,28?,29?,30+,31?,32+,33+,34?,35+,36+,37-,38+,39+,40+/m1/s1. The Balaban J connectivity index is 1.11. The maximum atomic E-state index is 13.9. The first-order chi connectivity index (χ1) is 25.4. The lowest BCUT2D eigenvalue weighted by Gasteiger charge is -2.46. The number of aliphatic hydroxyl groups is 4. The molecule has 6 unspecified atom stereocenters. The summed E-state index contributed by atoms with van der Waals surface area (Å²) in [5, 5.41) is 42.6. The van der Waals surface area contributed by atoms with Crippen LogP contribution in [0.1, 0.15) is 90.4 Å². The number of ether oxygens (including phenoxy) is 7. The van der Waals surface area contributed by atoms with E-state index in [2.05, 4.69) is 20.1 Å². The lowest BCUT2D eigenvalue weighted by Crippen LogP contribution is -2.61. The highest BCUT2D eigenvalue weighted by atomic mass is 16.6. The molecule has 298 valence electrons. The molecule has 0 aliphatic carbocycles. The van der Waals surface area contributed by atoms with E-state index in [1.807, 2.05) is 0 Å². The Labute approximate surface area is 312 Å². The molecule has 7 rings (SSSR count). The molecule has 13 nitrogen and oxygen atoms in total. The van der Waals surface area contributed by atoms with Gasteiger partial charge in [0, 0.05) is 51.6 Å². The Morgan fingerprint density at radius 3 is 2.23 bits per heavy atom. The topological polar surface area (TPSA) is 180 Å². The van der Waals surface area contributed by atoms with Crippen molar-refractivity contribution in [2.24, 2.45) is 11.8 Å². The van der Waals surface area contributed by atoms with E-state index in [0.29, 0.717) is 32.1 Å². The van der Waals surface area contributed by atoms with Gasteiger partial charge in [-0.05, 0) is 62.0 Å². The molecular weight excluding hydrogens is 688 g/mol. The summed E-state index contributed by atoms with van der Waals surface area (Å²) in [5.41, 5.74) is 2.00. The minimum absolute atomic E-state index is 0.00643. The van der Waals surface area contributed by atoms with Crippen LogP contribution in [0.5, 0.6) is 0 Å². The molecule has 0 aromatic carbocycles. The van der Waals surface area contributed by atoms with E-state index in [1.165, 1.54) is 0 Å². The molecule has 18 atom stereocenters. The zero-order valence-corrected chi connectivity index (χ0v) is 31.2. The molecular formula is C40H60O13. The largest absolute Gasteiger partial charge is 0.394 e. The molecule has 4 N–H and O–H groups in total. The Morgan fingerprint density at radius 1 is 0.736 bits per heavy atom. The first-order valence-corrected chi connectivity index (χ1v) is 19.9. The van der Waals surface area contributed by atoms with Gasteiger partial charge in [-0.25, -0.2) is 0 Å². The van der Waals surface area contributed by atoms with Crippen LogP contribution in [-0.4, -0.2) is 143 Å². The second kappa shape index (κ2) is 16.9. The van der Waals surface area contributed by atoms with Crippen LogP contribution in [-0.2, 0) is 42.7 Å². The molecule has 0 aromatic rings. The molecule has 7 heterocycles. The predicted octanol–water partition coefficient (Wildman–Crippen LogP) is 2.27. The molecule has 8 bridgehead atoms. The Bertz CT molecular complexity index is 1340. The second-order valence-corrected chi connectivity index (χ2v) is 16.8. The van der Waals surface area contributed by atoms with E-state index in [1.54, 1.807) is 7.11 Å². The van der Waals surface area contributed by atoms with E-state index in [4.69, 9.17) is 33.2 Å². The minimum Gasteiger partial charge on any atom is -0.394 e. The van der Waals surface area contributed by atoms with Gasteiger partial charge in [0.25, 0.3) is 0 Å². The lowest BCUT2D eigenvalue weighted by atomic mass is 9.81. The van der Waals surface area contributed by atoms with Gasteiger partial charge in [-0.2, -0.15) is 0 Å². The van der Waals surface area contributed by atoms with Gasteiger partial charge in [0.15, 0.2) is 0 Å². The van der Waals surface area contributed by atoms with Crippen molar-refractivity contribution < 1.29 is 63.2 Å². The molecule has 0 amide bonds. The van der Waals surface area contributed by atoms with Crippen LogP contribution in [0.4, 0.5) is 0 Å². The molecule has 0 spiro atoms. The smallest absolute Gasteiger partial charge is 0.135 e. The maximum Gasteiger partial charge on any atom is 0.135 e. The fourth-order valence-corrected chi connectivity index (χ4v) is 10.1. The summed E-state index contributed by atoms with van der Waals surface area (Å²) < 4.78 is 44.3. The normalized spacial score (nSPS) is 47.7. The summed E-state index contributed by atoms with van der Waals surface area (Å²) in [6.07, 6.45) is -3.55. The Hall–Kier alpha value is -1.62. The third-order valence-corrected chi connectivity index (χ3v) is 13.1. The minimum atomic E-state index is -1.10. The van der Waals surface area contributed by atoms with Gasteiger partial charge >= 0.3 is 0 Å². The summed E-state index contributed by atoms with van der Waals surface area (Å²) in [6.45, 7) is 10.4. The fraction of sp³-hybridized carbons (Fsp3) is 0.850. The van der Waals surface area contributed by atoms with E-state index in [9.17, 15) is 30.0 Å². The van der Waals surface area contributed by atoms with Crippen molar-refractivity contribution in [3.63, 3.8) is 0 Å². The third kappa shape index (κ3) is 8.56. The first-order valence-electron chi connectivity index (χ1n) is 19.9. The van der Waals surface area contributed by atoms with Crippen LogP contribution in [0.15, 0.2) is 24.3 Å². The number of fused-ring (bicyclic) bond motifs is 7. The van der Waals surface area contributed by atoms with Gasteiger partial charge in [-0.15, -0.1) is 0 Å². The van der Waals surface area contributed by atoms with Crippen molar-refractivity contribution in [3.05, 3.63) is 24.3 Å². The van der Waals surface area contributed by atoms with Gasteiger partial charge in [0.2, 0.25) is 0 Å². The molecule has 13 heteroatoms. The monoisotopic (exact) mass is 748 g/mol. The number of methoxy groups -OCH3 is 1. The summed E-state index contributed by atoms with van der Waals surface area (Å²) in [5.74, 6) is -0.221. The number of rotatable bonds is 4. The van der Waals surface area contributed by atoms with Crippen molar-refractivity contribution in [2.75, 3.05) is 13.7 Å². The third-order valence-electron chi connectivity index (χ3n) is 13.1. The highest BCUT2D eigenvalue weighted by Crippen LogP contribution is 2.43. The van der Waals surface area contributed by atoms with Crippen molar-refractivity contribution in [3.8, 4) is 0 Å². The first kappa shape index (κ1) is 39.6. The lowest BCUT2D eigenvalue weighted by molar-refractivity contribution is -0.259. The van der Waals surface area contributed by atoms with Crippen LogP contribution in [0, 0.1) is 11.8 Å². The Morgan fingerprint density at radius 2 is 1.45 bits per heavy atom. The summed E-state index contributed by atoms with van der Waals surface area (Å²) in [7, 11) is 1.58. The number of aliphatic hydroxyl groups excluding tert-OH is 4. The number of hydrogen-bond donors (Lipinski definition) is 4. The summed E-state index contributed by atoms with van der Waals surface area (Å²) in [6, 6.07) is 0. The van der Waals surface area contributed by atoms with E-state index in [-0.39, 0.29) is 79.9 Å². The molecule has 0 radical (unpaired) electrons. The maximum absolute atomic E-state index is 13.9. The molecule has 53 heavy (non-hydrogen) atoms. The van der Waals surface area contributed by atoms with Gasteiger partial charge in [0.1, 0.15) is 42.1 Å². The van der Waals surface area contributed by atoms with Gasteiger partial charge in [0.05, 0.1) is 73.8 Å². The van der Waals surface area contributed by atoms with Gasteiger partial charge in [-0.3, -0.25) is 9.59 Å². The number of hydrogen-bond acceptors (Lipinski definition) is 13. The number of carbonyl (C=O) groups is 2. The van der Waals surface area contributed by atoms with Crippen LogP contribution in [0.3, 0.4) is 0 Å². The molecule has 0 aromatic heterocycles. The average molecular weight is 749 g/mol. The SMILES string of the molecule is C=C1CC2CCC(=O)C[C@@H]3O[C@H]4[C@@H](O)[C@H]5OC(CC[C@@H]5O[C@H]4[C@H]3O)CC(=O)CC3[C@@H](OC)C(C[C@H](O)CO)O[C@H]3CC3O[C@@H](CCC1O2)C[C@@H](C)C3=C. The van der Waals surface area contributed by atoms with Crippen molar-refractivity contribution in [1.29, 1.82) is 0 Å². The van der Waals surface area contributed by atoms with Crippen LogP contribution >= 0.6 is 0 Å². The second-order valence-electron chi connectivity index (χ2n) is 16.8. The summed E-state index contributed by atoms with van der Waals surface area (Å²) in [4.78, 5) is 27.0. The van der Waals surface area contributed by atoms with Crippen molar-refractivity contribution >= 4 is 11.6 Å². The van der Waals surface area contributed by atoms with Crippen LogP contribution in [0.25, 0.3) is 0 Å². The number of ketones is 2. The Kier molecular flexibility index (Phi) is 12.6. The summed E-state index contributed by atoms with van der Waals surface area (Å²) >= 11 is 0. The average Bonchev–Trinajstić information content (AvgIpc) is 3.76.